The molecule has 2 aliphatic heterocycles. The Hall–Kier alpha value is -1.40. The van der Waals surface area contributed by atoms with Gasteiger partial charge in [0.1, 0.15) is 11.3 Å². The number of hydrogen-bond acceptors (Lipinski definition) is 5. The Morgan fingerprint density at radius 2 is 2.05 bits per heavy atom. The highest BCUT2D eigenvalue weighted by Crippen LogP contribution is 2.20. The van der Waals surface area contributed by atoms with Crippen molar-refractivity contribution in [1.29, 1.82) is 0 Å². The second-order valence-electron chi connectivity index (χ2n) is 5.63. The zero-order valence-electron chi connectivity index (χ0n) is 12.0. The van der Waals surface area contributed by atoms with E-state index in [-0.39, 0.29) is 11.9 Å². The highest BCUT2D eigenvalue weighted by atomic mass is 16.5. The van der Waals surface area contributed by atoms with Crippen LogP contribution in [0.5, 0.6) is 0 Å². The monoisotopic (exact) mass is 279 g/mol. The van der Waals surface area contributed by atoms with Gasteiger partial charge in [-0.15, -0.1) is 0 Å². The van der Waals surface area contributed by atoms with Gasteiger partial charge in [-0.1, -0.05) is 5.16 Å². The van der Waals surface area contributed by atoms with Gasteiger partial charge >= 0.3 is 0 Å². The van der Waals surface area contributed by atoms with E-state index >= 15 is 0 Å². The van der Waals surface area contributed by atoms with Gasteiger partial charge in [0.2, 0.25) is 0 Å². The predicted molar refractivity (Wildman–Crippen MR) is 72.6 cm³/mol. The molecule has 20 heavy (non-hydrogen) atoms. The van der Waals surface area contributed by atoms with Crippen LogP contribution in [0.4, 0.5) is 0 Å². The first-order valence-corrected chi connectivity index (χ1v) is 7.22. The summed E-state index contributed by atoms with van der Waals surface area (Å²) in [7, 11) is 0. The zero-order valence-corrected chi connectivity index (χ0v) is 12.0. The van der Waals surface area contributed by atoms with Crippen LogP contribution in [0.1, 0.15) is 34.7 Å². The third-order valence-electron chi connectivity index (χ3n) is 4.24. The normalized spacial score (nSPS) is 27.1. The lowest BCUT2D eigenvalue weighted by atomic mass is 10.1. The lowest BCUT2D eigenvalue weighted by Gasteiger charge is -2.27. The van der Waals surface area contributed by atoms with E-state index in [9.17, 15) is 4.79 Å². The van der Waals surface area contributed by atoms with E-state index in [0.29, 0.717) is 36.3 Å². The van der Waals surface area contributed by atoms with Crippen molar-refractivity contribution in [3.05, 3.63) is 17.0 Å². The van der Waals surface area contributed by atoms with Gasteiger partial charge in [-0.3, -0.25) is 9.69 Å². The van der Waals surface area contributed by atoms with Crippen LogP contribution < -0.4 is 5.32 Å². The average molecular weight is 279 g/mol. The van der Waals surface area contributed by atoms with Crippen LogP contribution in [0.15, 0.2) is 4.52 Å². The Kier molecular flexibility index (Phi) is 3.76. The van der Waals surface area contributed by atoms with Gasteiger partial charge in [-0.05, 0) is 39.8 Å². The molecule has 6 nitrogen and oxygen atoms in total. The molecule has 0 aromatic carbocycles. The maximum absolute atomic E-state index is 12.4. The molecule has 1 N–H and O–H groups in total. The van der Waals surface area contributed by atoms with Crippen molar-refractivity contribution < 1.29 is 14.1 Å². The molecule has 6 heteroatoms. The molecule has 1 aromatic heterocycles. The largest absolute Gasteiger partial charge is 0.378 e. The molecular formula is C14H21N3O3. The molecule has 2 atom stereocenters. The van der Waals surface area contributed by atoms with Crippen molar-refractivity contribution in [1.82, 2.24) is 15.4 Å². The Morgan fingerprint density at radius 1 is 1.30 bits per heavy atom. The van der Waals surface area contributed by atoms with E-state index in [4.69, 9.17) is 9.26 Å². The van der Waals surface area contributed by atoms with Crippen LogP contribution >= 0.6 is 0 Å². The maximum atomic E-state index is 12.4. The first-order valence-electron chi connectivity index (χ1n) is 7.22. The number of nitrogens with one attached hydrogen (secondary N) is 1. The van der Waals surface area contributed by atoms with E-state index in [0.717, 1.165) is 13.1 Å². The molecule has 1 amide bonds. The standard InChI is InChI=1S/C14H21N3O3/c1-9-13(10(2)20-16-9)14(18)15-11-7-19-8-12(11)17-5-3-4-6-17/h11-12H,3-8H2,1-2H3,(H,15,18)/t11-,12-/m1/s1. The van der Waals surface area contributed by atoms with Gasteiger partial charge < -0.3 is 14.6 Å². The number of hydrogen-bond donors (Lipinski definition) is 1. The van der Waals surface area contributed by atoms with Crippen molar-refractivity contribution in [2.24, 2.45) is 0 Å². The average Bonchev–Trinajstić information content (AvgIpc) is 3.10. The van der Waals surface area contributed by atoms with E-state index < -0.39 is 0 Å². The lowest BCUT2D eigenvalue weighted by Crippen LogP contribution is -2.50. The zero-order chi connectivity index (χ0) is 14.1. The summed E-state index contributed by atoms with van der Waals surface area (Å²) < 4.78 is 10.6. The third kappa shape index (κ3) is 2.45. The number of carbonyl (C=O) groups excluding carboxylic acids is 1. The molecule has 110 valence electrons. The highest BCUT2D eigenvalue weighted by Gasteiger charge is 2.36. The Morgan fingerprint density at radius 3 is 2.70 bits per heavy atom. The Balaban J connectivity index is 1.69. The second-order valence-corrected chi connectivity index (χ2v) is 5.63. The SMILES string of the molecule is Cc1noc(C)c1C(=O)N[C@@H]1COC[C@H]1N1CCCC1. The molecule has 0 radical (unpaired) electrons. The van der Waals surface area contributed by atoms with Gasteiger partial charge in [-0.2, -0.15) is 0 Å². The number of rotatable bonds is 3. The molecule has 3 rings (SSSR count). The Labute approximate surface area is 118 Å². The number of nitrogens with zero attached hydrogens (tertiary/aromatic N) is 2. The van der Waals surface area contributed by atoms with E-state index in [2.05, 4.69) is 15.4 Å². The molecule has 0 aliphatic carbocycles. The summed E-state index contributed by atoms with van der Waals surface area (Å²) >= 11 is 0. The summed E-state index contributed by atoms with van der Waals surface area (Å²) in [5, 5.41) is 6.92. The summed E-state index contributed by atoms with van der Waals surface area (Å²) in [4.78, 5) is 14.8. The quantitative estimate of drug-likeness (QED) is 0.890. The fourth-order valence-corrected chi connectivity index (χ4v) is 3.16. The number of ether oxygens (including phenoxy) is 1. The molecule has 1 aromatic rings. The van der Waals surface area contributed by atoms with Crippen LogP contribution in [-0.4, -0.2) is 54.4 Å². The minimum atomic E-state index is -0.110. The van der Waals surface area contributed by atoms with Gasteiger partial charge in [-0.25, -0.2) is 0 Å². The highest BCUT2D eigenvalue weighted by molar-refractivity contribution is 5.96. The number of amides is 1. The van der Waals surface area contributed by atoms with Crippen LogP contribution in [0.2, 0.25) is 0 Å². The van der Waals surface area contributed by atoms with Crippen LogP contribution in [0.3, 0.4) is 0 Å². The fraction of sp³-hybridized carbons (Fsp3) is 0.714. The molecular weight excluding hydrogens is 258 g/mol. The van der Waals surface area contributed by atoms with Gasteiger partial charge in [0.25, 0.3) is 5.91 Å². The molecule has 0 bridgehead atoms. The third-order valence-corrected chi connectivity index (χ3v) is 4.24. The summed E-state index contributed by atoms with van der Waals surface area (Å²) in [6, 6.07) is 0.344. The molecule has 2 aliphatic rings. The van der Waals surface area contributed by atoms with E-state index in [1.165, 1.54) is 12.8 Å². The van der Waals surface area contributed by atoms with Crippen molar-refractivity contribution in [2.75, 3.05) is 26.3 Å². The summed E-state index contributed by atoms with van der Waals surface area (Å²) in [6.45, 7) is 7.03. The smallest absolute Gasteiger partial charge is 0.257 e. The first kappa shape index (κ1) is 13.6. The second kappa shape index (κ2) is 5.54. The maximum Gasteiger partial charge on any atom is 0.257 e. The van der Waals surface area contributed by atoms with E-state index in [1.54, 1.807) is 13.8 Å². The minimum Gasteiger partial charge on any atom is -0.378 e. The van der Waals surface area contributed by atoms with Gasteiger partial charge in [0.05, 0.1) is 31.0 Å². The number of aromatic nitrogens is 1. The molecule has 2 fully saturated rings. The van der Waals surface area contributed by atoms with Crippen molar-refractivity contribution >= 4 is 5.91 Å². The summed E-state index contributed by atoms with van der Waals surface area (Å²) in [5.74, 6) is 0.456. The summed E-state index contributed by atoms with van der Waals surface area (Å²) in [6.07, 6.45) is 2.47. The number of carbonyl (C=O) groups is 1. The van der Waals surface area contributed by atoms with Crippen LogP contribution in [0, 0.1) is 13.8 Å². The van der Waals surface area contributed by atoms with Crippen molar-refractivity contribution in [3.63, 3.8) is 0 Å². The lowest BCUT2D eigenvalue weighted by molar-refractivity contribution is 0.0914. The van der Waals surface area contributed by atoms with Crippen molar-refractivity contribution in [2.45, 2.75) is 38.8 Å². The number of aryl methyl sites for hydroxylation is 2. The topological polar surface area (TPSA) is 67.6 Å². The van der Waals surface area contributed by atoms with Crippen LogP contribution in [-0.2, 0) is 4.74 Å². The van der Waals surface area contributed by atoms with Crippen LogP contribution in [0.25, 0.3) is 0 Å². The molecule has 2 saturated heterocycles. The molecule has 0 unspecified atom stereocenters. The minimum absolute atomic E-state index is 0.0503. The molecule has 3 heterocycles. The predicted octanol–water partition coefficient (Wildman–Crippen LogP) is 0.884. The number of likely N-dealkylation sites (tertiary alicyclic amines) is 1. The Bertz CT molecular complexity index is 474. The van der Waals surface area contributed by atoms with E-state index in [1.807, 2.05) is 0 Å². The fourth-order valence-electron chi connectivity index (χ4n) is 3.16. The van der Waals surface area contributed by atoms with Gasteiger partial charge in [0.15, 0.2) is 0 Å². The molecule has 0 saturated carbocycles. The van der Waals surface area contributed by atoms with Crippen molar-refractivity contribution in [3.8, 4) is 0 Å². The molecule has 0 spiro atoms. The first-order chi connectivity index (χ1) is 9.66. The van der Waals surface area contributed by atoms with Gasteiger partial charge in [0, 0.05) is 0 Å². The summed E-state index contributed by atoms with van der Waals surface area (Å²) in [5.41, 5.74) is 1.19.